The van der Waals surface area contributed by atoms with E-state index in [0.29, 0.717) is 0 Å². The van der Waals surface area contributed by atoms with Crippen molar-refractivity contribution in [3.8, 4) is 0 Å². The summed E-state index contributed by atoms with van der Waals surface area (Å²) in [6, 6.07) is 0.0515. The van der Waals surface area contributed by atoms with E-state index in [1.54, 1.807) is 0 Å². The number of fused-ring (bicyclic) bond motifs is 2. The van der Waals surface area contributed by atoms with E-state index < -0.39 is 15.6 Å². The molecule has 1 saturated heterocycles. The fourth-order valence-corrected chi connectivity index (χ4v) is 2.75. The summed E-state index contributed by atoms with van der Waals surface area (Å²) in [5.74, 6) is -0.0899. The van der Waals surface area contributed by atoms with Gasteiger partial charge in [0.25, 0.3) is 0 Å². The molecule has 1 fully saturated rings. The number of rotatable bonds is 2. The van der Waals surface area contributed by atoms with Crippen molar-refractivity contribution in [1.29, 1.82) is 0 Å². The van der Waals surface area contributed by atoms with Crippen LogP contribution in [0, 0.1) is 0 Å². The van der Waals surface area contributed by atoms with E-state index in [1.165, 1.54) is 6.08 Å². The van der Waals surface area contributed by atoms with Gasteiger partial charge in [-0.1, -0.05) is 0 Å². The van der Waals surface area contributed by atoms with Gasteiger partial charge in [-0.25, -0.2) is 0 Å². The Kier molecular flexibility index (Phi) is 2.89. The largest absolute Gasteiger partial charge is 0.534 e. The molecule has 2 rings (SSSR count). The number of nitrogens with zero attached hydrogens (tertiary/aromatic N) is 1. The third-order valence-electron chi connectivity index (χ3n) is 3.21. The van der Waals surface area contributed by atoms with Gasteiger partial charge in [0.15, 0.2) is 0 Å². The molecular weight excluding hydrogens is 259 g/mol. The molecule has 2 aliphatic heterocycles. The predicted molar refractivity (Wildman–Crippen MR) is 53.3 cm³/mol. The van der Waals surface area contributed by atoms with Crippen LogP contribution in [0.3, 0.4) is 0 Å². The SMILES string of the molecule is CN1C2C=C(OS(=O)(=O)C(F)(F)F)CC1CC2. The molecule has 0 spiro atoms. The van der Waals surface area contributed by atoms with Crippen molar-refractivity contribution in [3.05, 3.63) is 11.8 Å². The lowest BCUT2D eigenvalue weighted by Gasteiger charge is -2.29. The summed E-state index contributed by atoms with van der Waals surface area (Å²) in [5.41, 5.74) is -5.36. The quantitative estimate of drug-likeness (QED) is 0.565. The lowest BCUT2D eigenvalue weighted by Crippen LogP contribution is -2.36. The van der Waals surface area contributed by atoms with Crippen molar-refractivity contribution >= 4 is 10.1 Å². The Labute approximate surface area is 97.2 Å². The maximum atomic E-state index is 12.1. The predicted octanol–water partition coefficient (Wildman–Crippen LogP) is 1.60. The third kappa shape index (κ3) is 2.28. The van der Waals surface area contributed by atoms with Gasteiger partial charge in [-0.3, -0.25) is 4.90 Å². The Hall–Kier alpha value is -0.760. The van der Waals surface area contributed by atoms with E-state index in [-0.39, 0.29) is 24.3 Å². The second-order valence-electron chi connectivity index (χ2n) is 4.28. The zero-order valence-corrected chi connectivity index (χ0v) is 9.88. The highest BCUT2D eigenvalue weighted by atomic mass is 32.2. The molecule has 2 bridgehead atoms. The molecule has 0 aromatic heterocycles. The first-order valence-corrected chi connectivity index (χ1v) is 6.55. The van der Waals surface area contributed by atoms with Crippen LogP contribution in [-0.4, -0.2) is 38.0 Å². The van der Waals surface area contributed by atoms with Gasteiger partial charge in [0.1, 0.15) is 5.76 Å². The van der Waals surface area contributed by atoms with Gasteiger partial charge < -0.3 is 4.18 Å². The molecule has 0 N–H and O–H groups in total. The second-order valence-corrected chi connectivity index (χ2v) is 5.82. The van der Waals surface area contributed by atoms with Gasteiger partial charge in [-0.05, 0) is 26.0 Å². The summed E-state index contributed by atoms with van der Waals surface area (Å²) in [6.45, 7) is 0. The highest BCUT2D eigenvalue weighted by molar-refractivity contribution is 7.87. The van der Waals surface area contributed by atoms with Crippen LogP contribution in [0.1, 0.15) is 19.3 Å². The average Bonchev–Trinajstić information content (AvgIpc) is 2.42. The molecule has 0 aromatic rings. The average molecular weight is 271 g/mol. The van der Waals surface area contributed by atoms with Crippen molar-refractivity contribution in [2.24, 2.45) is 0 Å². The van der Waals surface area contributed by atoms with Crippen molar-refractivity contribution < 1.29 is 25.8 Å². The van der Waals surface area contributed by atoms with Crippen molar-refractivity contribution in [2.45, 2.75) is 36.9 Å². The highest BCUT2D eigenvalue weighted by Crippen LogP contribution is 2.36. The maximum absolute atomic E-state index is 12.1. The van der Waals surface area contributed by atoms with Crippen LogP contribution in [0.2, 0.25) is 0 Å². The summed E-state index contributed by atoms with van der Waals surface area (Å²) in [6.07, 6.45) is 3.34. The molecule has 0 aromatic carbocycles. The van der Waals surface area contributed by atoms with Crippen molar-refractivity contribution in [2.75, 3.05) is 7.05 Å². The molecule has 2 atom stereocenters. The summed E-state index contributed by atoms with van der Waals surface area (Å²) in [7, 11) is -3.65. The van der Waals surface area contributed by atoms with Crippen molar-refractivity contribution in [3.63, 3.8) is 0 Å². The minimum Gasteiger partial charge on any atom is -0.381 e. The van der Waals surface area contributed by atoms with Crippen LogP contribution >= 0.6 is 0 Å². The zero-order chi connectivity index (χ0) is 12.8. The first-order valence-electron chi connectivity index (χ1n) is 5.14. The normalized spacial score (nSPS) is 30.2. The van der Waals surface area contributed by atoms with Crippen LogP contribution in [-0.2, 0) is 14.3 Å². The van der Waals surface area contributed by atoms with Crippen LogP contribution in [0.15, 0.2) is 11.8 Å². The molecule has 17 heavy (non-hydrogen) atoms. The number of hydrogen-bond acceptors (Lipinski definition) is 4. The van der Waals surface area contributed by atoms with Crippen LogP contribution < -0.4 is 0 Å². The van der Waals surface area contributed by atoms with E-state index >= 15 is 0 Å². The Bertz CT molecular complexity index is 443. The molecule has 4 nitrogen and oxygen atoms in total. The number of hydrogen-bond donors (Lipinski definition) is 0. The molecule has 2 heterocycles. The van der Waals surface area contributed by atoms with Crippen LogP contribution in [0.25, 0.3) is 0 Å². The van der Waals surface area contributed by atoms with Gasteiger partial charge in [0.05, 0.1) is 0 Å². The van der Waals surface area contributed by atoms with Gasteiger partial charge in [-0.2, -0.15) is 21.6 Å². The lowest BCUT2D eigenvalue weighted by molar-refractivity contribution is -0.0526. The van der Waals surface area contributed by atoms with Crippen molar-refractivity contribution in [1.82, 2.24) is 4.90 Å². The summed E-state index contributed by atoms with van der Waals surface area (Å²) in [5, 5.41) is 0. The van der Waals surface area contributed by atoms with E-state index in [4.69, 9.17) is 0 Å². The monoisotopic (exact) mass is 271 g/mol. The molecule has 98 valence electrons. The second kappa shape index (κ2) is 3.88. The number of alkyl halides is 3. The minimum atomic E-state index is -5.52. The zero-order valence-electron chi connectivity index (χ0n) is 9.07. The first kappa shape index (κ1) is 12.7. The van der Waals surface area contributed by atoms with Gasteiger partial charge >= 0.3 is 15.6 Å². The number of likely N-dealkylation sites (N-methyl/N-ethyl adjacent to an activating group) is 1. The van der Waals surface area contributed by atoms with Gasteiger partial charge in [0.2, 0.25) is 0 Å². The summed E-state index contributed by atoms with van der Waals surface area (Å²) < 4.78 is 62.2. The topological polar surface area (TPSA) is 46.6 Å². The molecular formula is C9H12F3NO3S. The Morgan fingerprint density at radius 2 is 2.06 bits per heavy atom. The Balaban J connectivity index is 2.15. The smallest absolute Gasteiger partial charge is 0.381 e. The third-order valence-corrected chi connectivity index (χ3v) is 4.21. The fourth-order valence-electron chi connectivity index (χ4n) is 2.25. The van der Waals surface area contributed by atoms with Crippen LogP contribution in [0.4, 0.5) is 13.2 Å². The Morgan fingerprint density at radius 3 is 2.59 bits per heavy atom. The molecule has 0 aliphatic carbocycles. The van der Waals surface area contributed by atoms with E-state index in [1.807, 2.05) is 11.9 Å². The van der Waals surface area contributed by atoms with E-state index in [2.05, 4.69) is 4.18 Å². The molecule has 2 unspecified atom stereocenters. The van der Waals surface area contributed by atoms with Gasteiger partial charge in [0, 0.05) is 18.5 Å². The van der Waals surface area contributed by atoms with E-state index in [9.17, 15) is 21.6 Å². The standard InChI is InChI=1S/C9H12F3NO3S/c1-13-6-2-3-7(13)5-8(4-6)16-17(14,15)9(10,11)12/h4,6-7H,2-3,5H2,1H3. The maximum Gasteiger partial charge on any atom is 0.534 e. The summed E-state index contributed by atoms with van der Waals surface area (Å²) in [4.78, 5) is 2.02. The molecule has 0 saturated carbocycles. The number of halogens is 3. The van der Waals surface area contributed by atoms with Gasteiger partial charge in [-0.15, -0.1) is 0 Å². The molecule has 0 radical (unpaired) electrons. The first-order chi connectivity index (χ1) is 7.71. The highest BCUT2D eigenvalue weighted by Gasteiger charge is 2.49. The van der Waals surface area contributed by atoms with Crippen LogP contribution in [0.5, 0.6) is 0 Å². The summed E-state index contributed by atoms with van der Waals surface area (Å²) >= 11 is 0. The van der Waals surface area contributed by atoms with E-state index in [0.717, 1.165) is 12.8 Å². The Morgan fingerprint density at radius 1 is 1.41 bits per heavy atom. The molecule has 8 heteroatoms. The molecule has 2 aliphatic rings. The minimum absolute atomic E-state index is 0.0211. The molecule has 0 amide bonds. The lowest BCUT2D eigenvalue weighted by atomic mass is 10.1. The fraction of sp³-hybridized carbons (Fsp3) is 0.778.